The van der Waals surface area contributed by atoms with Crippen LogP contribution in [0.3, 0.4) is 0 Å². The Balaban J connectivity index is 2.73. The molecule has 0 spiro atoms. The monoisotopic (exact) mass is 151 g/mol. The number of hydrogen-bond acceptors (Lipinski definition) is 1. The predicted octanol–water partition coefficient (Wildman–Crippen LogP) is 2.82. The lowest BCUT2D eigenvalue weighted by atomic mass is 9.77. The molecule has 1 aliphatic heterocycles. The van der Waals surface area contributed by atoms with Crippen molar-refractivity contribution in [2.24, 2.45) is 10.4 Å². The molecule has 0 bridgehead atoms. The highest BCUT2D eigenvalue weighted by atomic mass is 14.8. The minimum Gasteiger partial charge on any atom is -0.294 e. The Kier molecular flexibility index (Phi) is 2.48. The Bertz CT molecular complexity index is 181. The van der Waals surface area contributed by atoms with Crippen molar-refractivity contribution in [1.29, 1.82) is 0 Å². The van der Waals surface area contributed by atoms with E-state index >= 15 is 0 Å². The first-order valence-electron chi connectivity index (χ1n) is 4.31. The third kappa shape index (κ3) is 1.70. The van der Waals surface area contributed by atoms with Gasteiger partial charge in [0.1, 0.15) is 0 Å². The third-order valence-electron chi connectivity index (χ3n) is 2.70. The summed E-state index contributed by atoms with van der Waals surface area (Å²) in [5, 5.41) is 0. The Morgan fingerprint density at radius 3 is 3.00 bits per heavy atom. The SMILES string of the molecule is C=CCC1(C)CCCN=C1C. The molecule has 0 N–H and O–H groups in total. The zero-order chi connectivity index (χ0) is 8.32. The maximum Gasteiger partial charge on any atom is 0.0389 e. The van der Waals surface area contributed by atoms with E-state index < -0.39 is 0 Å². The van der Waals surface area contributed by atoms with E-state index in [9.17, 15) is 0 Å². The van der Waals surface area contributed by atoms with Crippen molar-refractivity contribution < 1.29 is 0 Å². The Morgan fingerprint density at radius 2 is 2.45 bits per heavy atom. The van der Waals surface area contributed by atoms with Gasteiger partial charge in [0, 0.05) is 17.7 Å². The fraction of sp³-hybridized carbons (Fsp3) is 0.700. The van der Waals surface area contributed by atoms with Crippen LogP contribution in [-0.2, 0) is 0 Å². The minimum absolute atomic E-state index is 0.319. The molecule has 0 saturated heterocycles. The van der Waals surface area contributed by atoms with Gasteiger partial charge in [-0.2, -0.15) is 0 Å². The second-order valence-corrected chi connectivity index (χ2v) is 3.62. The molecule has 0 amide bonds. The molecule has 1 unspecified atom stereocenters. The normalized spacial score (nSPS) is 31.3. The summed E-state index contributed by atoms with van der Waals surface area (Å²) in [6.45, 7) is 9.23. The molecule has 1 aliphatic rings. The van der Waals surface area contributed by atoms with Gasteiger partial charge in [0.05, 0.1) is 0 Å². The fourth-order valence-corrected chi connectivity index (χ4v) is 1.66. The first kappa shape index (κ1) is 8.51. The molecule has 0 fully saturated rings. The molecule has 0 radical (unpaired) electrons. The zero-order valence-corrected chi connectivity index (χ0v) is 7.56. The Hall–Kier alpha value is -0.590. The van der Waals surface area contributed by atoms with Crippen molar-refractivity contribution in [3.05, 3.63) is 12.7 Å². The van der Waals surface area contributed by atoms with Crippen LogP contribution in [0.1, 0.15) is 33.1 Å². The van der Waals surface area contributed by atoms with E-state index in [2.05, 4.69) is 25.4 Å². The van der Waals surface area contributed by atoms with Gasteiger partial charge in [-0.3, -0.25) is 4.99 Å². The average Bonchev–Trinajstić information content (AvgIpc) is 1.96. The molecule has 0 aromatic heterocycles. The van der Waals surface area contributed by atoms with Gasteiger partial charge < -0.3 is 0 Å². The van der Waals surface area contributed by atoms with Crippen molar-refractivity contribution in [1.82, 2.24) is 0 Å². The highest BCUT2D eigenvalue weighted by Gasteiger charge is 2.27. The molecular formula is C10H17N. The third-order valence-corrected chi connectivity index (χ3v) is 2.70. The second kappa shape index (κ2) is 3.21. The number of nitrogens with zero attached hydrogens (tertiary/aromatic N) is 1. The molecule has 0 saturated carbocycles. The van der Waals surface area contributed by atoms with E-state index in [1.807, 2.05) is 6.08 Å². The first-order valence-corrected chi connectivity index (χ1v) is 4.31. The minimum atomic E-state index is 0.319. The standard InChI is InChI=1S/C10H17N/c1-4-6-10(3)7-5-8-11-9(10)2/h4H,1,5-8H2,2-3H3. The molecule has 62 valence electrons. The van der Waals surface area contributed by atoms with Crippen LogP contribution in [0.4, 0.5) is 0 Å². The quantitative estimate of drug-likeness (QED) is 0.538. The fourth-order valence-electron chi connectivity index (χ4n) is 1.66. The van der Waals surface area contributed by atoms with E-state index in [0.717, 1.165) is 13.0 Å². The summed E-state index contributed by atoms with van der Waals surface area (Å²) in [5.41, 5.74) is 1.63. The summed E-state index contributed by atoms with van der Waals surface area (Å²) in [6, 6.07) is 0. The number of aliphatic imine (C=N–C) groups is 1. The largest absolute Gasteiger partial charge is 0.294 e. The van der Waals surface area contributed by atoms with Crippen LogP contribution in [0.5, 0.6) is 0 Å². The number of hydrogen-bond donors (Lipinski definition) is 0. The van der Waals surface area contributed by atoms with E-state index in [0.29, 0.717) is 5.41 Å². The summed E-state index contributed by atoms with van der Waals surface area (Å²) in [5.74, 6) is 0. The molecule has 0 aromatic carbocycles. The summed E-state index contributed by atoms with van der Waals surface area (Å²) in [6.07, 6.45) is 5.59. The molecule has 1 rings (SSSR count). The van der Waals surface area contributed by atoms with Crippen molar-refractivity contribution in [3.63, 3.8) is 0 Å². The molecule has 1 heterocycles. The topological polar surface area (TPSA) is 12.4 Å². The smallest absolute Gasteiger partial charge is 0.0389 e. The van der Waals surface area contributed by atoms with Crippen LogP contribution in [0.15, 0.2) is 17.6 Å². The maximum atomic E-state index is 4.47. The molecule has 1 nitrogen and oxygen atoms in total. The lowest BCUT2D eigenvalue weighted by Crippen LogP contribution is -2.28. The van der Waals surface area contributed by atoms with Gasteiger partial charge in [-0.25, -0.2) is 0 Å². The zero-order valence-electron chi connectivity index (χ0n) is 7.56. The van der Waals surface area contributed by atoms with Gasteiger partial charge >= 0.3 is 0 Å². The summed E-state index contributed by atoms with van der Waals surface area (Å²) in [7, 11) is 0. The van der Waals surface area contributed by atoms with Crippen LogP contribution in [0.25, 0.3) is 0 Å². The van der Waals surface area contributed by atoms with E-state index in [4.69, 9.17) is 0 Å². The molecular weight excluding hydrogens is 134 g/mol. The lowest BCUT2D eigenvalue weighted by Gasteiger charge is -2.31. The van der Waals surface area contributed by atoms with Crippen LogP contribution in [-0.4, -0.2) is 12.3 Å². The average molecular weight is 151 g/mol. The van der Waals surface area contributed by atoms with E-state index in [-0.39, 0.29) is 0 Å². The molecule has 11 heavy (non-hydrogen) atoms. The van der Waals surface area contributed by atoms with Crippen molar-refractivity contribution in [2.45, 2.75) is 33.1 Å². The second-order valence-electron chi connectivity index (χ2n) is 3.62. The van der Waals surface area contributed by atoms with Crippen molar-refractivity contribution in [3.8, 4) is 0 Å². The molecule has 1 atom stereocenters. The van der Waals surface area contributed by atoms with Crippen LogP contribution >= 0.6 is 0 Å². The van der Waals surface area contributed by atoms with Gasteiger partial charge in [0.2, 0.25) is 0 Å². The number of allylic oxidation sites excluding steroid dienone is 1. The van der Waals surface area contributed by atoms with Crippen LogP contribution in [0.2, 0.25) is 0 Å². The van der Waals surface area contributed by atoms with E-state index in [1.54, 1.807) is 0 Å². The molecule has 1 heteroatoms. The van der Waals surface area contributed by atoms with Crippen LogP contribution < -0.4 is 0 Å². The van der Waals surface area contributed by atoms with Gasteiger partial charge in [0.25, 0.3) is 0 Å². The Labute approximate surface area is 69.2 Å². The van der Waals surface area contributed by atoms with Gasteiger partial charge in [-0.05, 0) is 26.2 Å². The highest BCUT2D eigenvalue weighted by molar-refractivity contribution is 5.88. The van der Waals surface area contributed by atoms with Crippen molar-refractivity contribution >= 4 is 5.71 Å². The number of rotatable bonds is 2. The van der Waals surface area contributed by atoms with Gasteiger partial charge in [0.15, 0.2) is 0 Å². The summed E-state index contributed by atoms with van der Waals surface area (Å²) in [4.78, 5) is 4.47. The maximum absolute atomic E-state index is 4.47. The van der Waals surface area contributed by atoms with Gasteiger partial charge in [-0.1, -0.05) is 13.0 Å². The first-order chi connectivity index (χ1) is 5.19. The molecule has 0 aliphatic carbocycles. The summed E-state index contributed by atoms with van der Waals surface area (Å²) >= 11 is 0. The summed E-state index contributed by atoms with van der Waals surface area (Å²) < 4.78 is 0. The lowest BCUT2D eigenvalue weighted by molar-refractivity contribution is 0.401. The highest BCUT2D eigenvalue weighted by Crippen LogP contribution is 2.32. The molecule has 0 aromatic rings. The predicted molar refractivity (Wildman–Crippen MR) is 50.1 cm³/mol. The van der Waals surface area contributed by atoms with E-state index in [1.165, 1.54) is 18.6 Å². The Morgan fingerprint density at radius 1 is 1.73 bits per heavy atom. The van der Waals surface area contributed by atoms with Gasteiger partial charge in [-0.15, -0.1) is 6.58 Å². The van der Waals surface area contributed by atoms with Crippen molar-refractivity contribution in [2.75, 3.05) is 6.54 Å². The van der Waals surface area contributed by atoms with Crippen LogP contribution in [0, 0.1) is 5.41 Å².